The average molecular weight is 440 g/mol. The number of carbonyl (C=O) groups excluding carboxylic acids is 1. The highest BCUT2D eigenvalue weighted by molar-refractivity contribution is 7.99. The van der Waals surface area contributed by atoms with Gasteiger partial charge >= 0.3 is 0 Å². The van der Waals surface area contributed by atoms with E-state index in [-0.39, 0.29) is 23.3 Å². The highest BCUT2D eigenvalue weighted by Gasteiger charge is 2.42. The van der Waals surface area contributed by atoms with Crippen molar-refractivity contribution < 1.29 is 4.79 Å². The van der Waals surface area contributed by atoms with Gasteiger partial charge in [-0.1, -0.05) is 36.4 Å². The zero-order valence-corrected chi connectivity index (χ0v) is 18.5. The summed E-state index contributed by atoms with van der Waals surface area (Å²) in [6.45, 7) is 2.14. The highest BCUT2D eigenvalue weighted by Crippen LogP contribution is 2.49. The molecule has 0 spiro atoms. The molecule has 2 saturated carbocycles. The van der Waals surface area contributed by atoms with Crippen molar-refractivity contribution in [1.82, 2.24) is 14.9 Å². The number of hydrogen-bond donors (Lipinski definition) is 1. The summed E-state index contributed by atoms with van der Waals surface area (Å²) in [6, 6.07) is 11.5. The van der Waals surface area contributed by atoms with Gasteiger partial charge in [-0.3, -0.25) is 14.2 Å². The maximum atomic E-state index is 13.1. The molecule has 1 amide bonds. The van der Waals surface area contributed by atoms with Gasteiger partial charge in [0.1, 0.15) is 4.83 Å². The number of para-hydroxylation sites is 1. The van der Waals surface area contributed by atoms with Gasteiger partial charge in [-0.15, -0.1) is 11.3 Å². The van der Waals surface area contributed by atoms with Crippen LogP contribution in [0.25, 0.3) is 15.9 Å². The van der Waals surface area contributed by atoms with E-state index < -0.39 is 0 Å². The van der Waals surface area contributed by atoms with Crippen LogP contribution in [0.4, 0.5) is 0 Å². The molecule has 2 aliphatic rings. The van der Waals surface area contributed by atoms with Crippen molar-refractivity contribution in [3.05, 3.63) is 52.1 Å². The van der Waals surface area contributed by atoms with Crippen molar-refractivity contribution >= 4 is 39.2 Å². The van der Waals surface area contributed by atoms with Crippen molar-refractivity contribution in [2.24, 2.45) is 17.8 Å². The van der Waals surface area contributed by atoms with E-state index in [9.17, 15) is 9.59 Å². The molecule has 0 unspecified atom stereocenters. The second-order valence-electron chi connectivity index (χ2n) is 8.49. The summed E-state index contributed by atoms with van der Waals surface area (Å²) < 4.78 is 1.62. The fourth-order valence-corrected chi connectivity index (χ4v) is 6.86. The smallest absolute Gasteiger partial charge is 0.267 e. The van der Waals surface area contributed by atoms with Crippen LogP contribution in [0.3, 0.4) is 0 Å². The quantitative estimate of drug-likeness (QED) is 0.454. The van der Waals surface area contributed by atoms with Gasteiger partial charge in [-0.25, -0.2) is 4.98 Å². The molecule has 30 heavy (non-hydrogen) atoms. The molecule has 2 aromatic heterocycles. The second-order valence-corrected chi connectivity index (χ2v) is 10.3. The molecule has 1 aromatic carbocycles. The Morgan fingerprint density at radius 3 is 2.83 bits per heavy atom. The summed E-state index contributed by atoms with van der Waals surface area (Å²) in [5.41, 5.74) is 0.673. The average Bonchev–Trinajstić information content (AvgIpc) is 3.50. The molecule has 7 heteroatoms. The van der Waals surface area contributed by atoms with E-state index in [4.69, 9.17) is 4.98 Å². The van der Waals surface area contributed by atoms with Gasteiger partial charge < -0.3 is 5.32 Å². The lowest BCUT2D eigenvalue weighted by molar-refractivity contribution is -0.119. The van der Waals surface area contributed by atoms with Crippen LogP contribution in [-0.2, 0) is 4.79 Å². The van der Waals surface area contributed by atoms with E-state index in [0.29, 0.717) is 21.3 Å². The third kappa shape index (κ3) is 3.69. The molecular weight excluding hydrogens is 414 g/mol. The zero-order chi connectivity index (χ0) is 20.7. The molecule has 4 atom stereocenters. The number of hydrogen-bond acceptors (Lipinski definition) is 5. The fraction of sp³-hybridized carbons (Fsp3) is 0.435. The summed E-state index contributed by atoms with van der Waals surface area (Å²) in [5.74, 6) is 2.53. The third-order valence-electron chi connectivity index (χ3n) is 6.64. The van der Waals surface area contributed by atoms with Crippen LogP contribution in [0.2, 0.25) is 0 Å². The molecule has 3 aromatic rings. The normalized spacial score (nSPS) is 23.7. The van der Waals surface area contributed by atoms with E-state index in [1.54, 1.807) is 4.57 Å². The topological polar surface area (TPSA) is 64.0 Å². The standard InChI is InChI=1S/C23H25N3O2S2/c1-14(19-12-15-7-8-16(19)11-15)24-20(27)13-30-23-25-21-18(9-10-29-21)22(28)26(23)17-5-3-2-4-6-17/h2-6,9-10,14-16,19H,7-8,11-13H2,1H3,(H,24,27)/t14-,15+,16+,19-/m1/s1. The first-order valence-electron chi connectivity index (χ1n) is 10.6. The lowest BCUT2D eigenvalue weighted by Gasteiger charge is -2.28. The Bertz CT molecular complexity index is 1120. The first kappa shape index (κ1) is 19.8. The number of aromatic nitrogens is 2. The molecule has 2 fully saturated rings. The van der Waals surface area contributed by atoms with Crippen molar-refractivity contribution in [2.75, 3.05) is 5.75 Å². The number of nitrogens with one attached hydrogen (secondary N) is 1. The van der Waals surface area contributed by atoms with Gasteiger partial charge in [-0.2, -0.15) is 0 Å². The Hall–Kier alpha value is -2.12. The van der Waals surface area contributed by atoms with Crippen molar-refractivity contribution in [2.45, 2.75) is 43.8 Å². The number of nitrogens with zero attached hydrogens (tertiary/aromatic N) is 2. The minimum absolute atomic E-state index is 0.00964. The van der Waals surface area contributed by atoms with E-state index >= 15 is 0 Å². The van der Waals surface area contributed by atoms with Crippen LogP contribution < -0.4 is 10.9 Å². The molecule has 0 saturated heterocycles. The summed E-state index contributed by atoms with van der Waals surface area (Å²) in [6.07, 6.45) is 5.28. The molecule has 2 bridgehead atoms. The lowest BCUT2D eigenvalue weighted by Crippen LogP contribution is -2.41. The lowest BCUT2D eigenvalue weighted by atomic mass is 9.84. The molecule has 2 heterocycles. The van der Waals surface area contributed by atoms with Gasteiger partial charge in [0.2, 0.25) is 5.91 Å². The largest absolute Gasteiger partial charge is 0.353 e. The summed E-state index contributed by atoms with van der Waals surface area (Å²) in [7, 11) is 0. The van der Waals surface area contributed by atoms with E-state index in [1.807, 2.05) is 41.8 Å². The summed E-state index contributed by atoms with van der Waals surface area (Å²) in [4.78, 5) is 31.2. The molecule has 0 aliphatic heterocycles. The number of thioether (sulfide) groups is 1. The molecule has 5 rings (SSSR count). The van der Waals surface area contributed by atoms with Gasteiger partial charge in [0.25, 0.3) is 5.56 Å². The number of thiophene rings is 1. The number of benzene rings is 1. The Morgan fingerprint density at radius 1 is 1.27 bits per heavy atom. The number of fused-ring (bicyclic) bond motifs is 3. The molecule has 5 nitrogen and oxygen atoms in total. The van der Waals surface area contributed by atoms with Crippen LogP contribution in [0.1, 0.15) is 32.6 Å². The Balaban J connectivity index is 1.33. The SMILES string of the molecule is C[C@@H](NC(=O)CSc1nc2sccc2c(=O)n1-c1ccccc1)[C@H]1C[C@H]2CC[C@H]1C2. The van der Waals surface area contributed by atoms with Crippen molar-refractivity contribution in [3.63, 3.8) is 0 Å². The molecular formula is C23H25N3O2S2. The van der Waals surface area contributed by atoms with Crippen LogP contribution >= 0.6 is 23.1 Å². The maximum absolute atomic E-state index is 13.1. The third-order valence-corrected chi connectivity index (χ3v) is 8.38. The van der Waals surface area contributed by atoms with Gasteiger partial charge in [0, 0.05) is 6.04 Å². The van der Waals surface area contributed by atoms with E-state index in [1.165, 1.54) is 48.8 Å². The van der Waals surface area contributed by atoms with Crippen LogP contribution in [-0.4, -0.2) is 27.3 Å². The monoisotopic (exact) mass is 439 g/mol. The van der Waals surface area contributed by atoms with E-state index in [0.717, 1.165) is 17.5 Å². The van der Waals surface area contributed by atoms with E-state index in [2.05, 4.69) is 12.2 Å². The summed E-state index contributed by atoms with van der Waals surface area (Å²) >= 11 is 2.78. The Morgan fingerprint density at radius 2 is 2.10 bits per heavy atom. The Labute approximate surface area is 183 Å². The minimum Gasteiger partial charge on any atom is -0.353 e. The maximum Gasteiger partial charge on any atom is 0.267 e. The Kier molecular flexibility index (Phi) is 5.41. The van der Waals surface area contributed by atoms with Crippen LogP contribution in [0, 0.1) is 17.8 Å². The molecule has 156 valence electrons. The van der Waals surface area contributed by atoms with Crippen LogP contribution in [0.15, 0.2) is 51.7 Å². The first-order chi connectivity index (χ1) is 14.6. The van der Waals surface area contributed by atoms with Crippen molar-refractivity contribution in [1.29, 1.82) is 0 Å². The van der Waals surface area contributed by atoms with Gasteiger partial charge in [0.05, 0.1) is 16.8 Å². The van der Waals surface area contributed by atoms with Gasteiger partial charge in [0.15, 0.2) is 5.16 Å². The molecule has 0 radical (unpaired) electrons. The minimum atomic E-state index is -0.0919. The molecule has 1 N–H and O–H groups in total. The predicted octanol–water partition coefficient (Wildman–Crippen LogP) is 4.48. The first-order valence-corrected chi connectivity index (χ1v) is 12.4. The predicted molar refractivity (Wildman–Crippen MR) is 122 cm³/mol. The highest BCUT2D eigenvalue weighted by atomic mass is 32.2. The van der Waals surface area contributed by atoms with Crippen LogP contribution in [0.5, 0.6) is 0 Å². The second kappa shape index (κ2) is 8.19. The van der Waals surface area contributed by atoms with Crippen molar-refractivity contribution in [3.8, 4) is 5.69 Å². The number of rotatable bonds is 6. The number of carbonyl (C=O) groups is 1. The zero-order valence-electron chi connectivity index (χ0n) is 16.9. The molecule has 2 aliphatic carbocycles. The van der Waals surface area contributed by atoms with Gasteiger partial charge in [-0.05, 0) is 67.5 Å². The fourth-order valence-electron chi connectivity index (χ4n) is 5.24. The number of amides is 1. The summed E-state index contributed by atoms with van der Waals surface area (Å²) in [5, 5.41) is 6.26.